The van der Waals surface area contributed by atoms with Crippen molar-refractivity contribution in [2.75, 3.05) is 20.2 Å². The minimum Gasteiger partial charge on any atom is -0.494 e. The molecule has 0 fully saturated rings. The van der Waals surface area contributed by atoms with E-state index >= 15 is 0 Å². The Kier molecular flexibility index (Phi) is 5.65. The summed E-state index contributed by atoms with van der Waals surface area (Å²) in [6.07, 6.45) is 0.805. The average Bonchev–Trinajstić information content (AvgIpc) is 2.36. The number of ether oxygens (including phenoxy) is 1. The smallest absolute Gasteiger partial charge is 0.253 e. The molecule has 1 unspecified atom stereocenters. The second-order valence-corrected chi connectivity index (χ2v) is 4.45. The van der Waals surface area contributed by atoms with Crippen LogP contribution >= 0.6 is 0 Å². The fourth-order valence-corrected chi connectivity index (χ4v) is 1.58. The minimum absolute atomic E-state index is 0.0127. The number of nitrogens with zero attached hydrogens (tertiary/aromatic N) is 1. The zero-order valence-electron chi connectivity index (χ0n) is 11.3. The molecule has 18 heavy (non-hydrogen) atoms. The first-order chi connectivity index (χ1) is 8.54. The van der Waals surface area contributed by atoms with E-state index in [0.717, 1.165) is 12.2 Å². The molecule has 1 amide bonds. The van der Waals surface area contributed by atoms with Gasteiger partial charge in [-0.25, -0.2) is 0 Å². The van der Waals surface area contributed by atoms with E-state index in [-0.39, 0.29) is 11.9 Å². The summed E-state index contributed by atoms with van der Waals surface area (Å²) in [5.41, 5.74) is 6.35. The number of carbonyl (C=O) groups excluding carboxylic acids is 1. The molecule has 4 nitrogen and oxygen atoms in total. The summed E-state index contributed by atoms with van der Waals surface area (Å²) in [6.45, 7) is 5.17. The predicted molar refractivity (Wildman–Crippen MR) is 72.8 cm³/mol. The Morgan fingerprint density at radius 1 is 1.39 bits per heavy atom. The topological polar surface area (TPSA) is 55.6 Å². The second kappa shape index (κ2) is 7.01. The molecule has 0 aliphatic rings. The summed E-state index contributed by atoms with van der Waals surface area (Å²) in [4.78, 5) is 13.8. The highest BCUT2D eigenvalue weighted by molar-refractivity contribution is 5.94. The maximum Gasteiger partial charge on any atom is 0.253 e. The number of hydrogen-bond acceptors (Lipinski definition) is 3. The van der Waals surface area contributed by atoms with Gasteiger partial charge >= 0.3 is 0 Å². The molecule has 1 aromatic carbocycles. The van der Waals surface area contributed by atoms with Gasteiger partial charge in [0, 0.05) is 25.2 Å². The molecular weight excluding hydrogens is 228 g/mol. The molecule has 0 aliphatic heterocycles. The molecule has 0 saturated carbocycles. The van der Waals surface area contributed by atoms with E-state index in [1.54, 1.807) is 24.1 Å². The van der Waals surface area contributed by atoms with Crippen LogP contribution in [-0.4, -0.2) is 37.0 Å². The van der Waals surface area contributed by atoms with Gasteiger partial charge in [-0.2, -0.15) is 0 Å². The summed E-state index contributed by atoms with van der Waals surface area (Å²) in [6, 6.07) is 7.32. The van der Waals surface area contributed by atoms with E-state index in [1.807, 2.05) is 26.0 Å². The van der Waals surface area contributed by atoms with E-state index in [9.17, 15) is 4.79 Å². The van der Waals surface area contributed by atoms with Gasteiger partial charge in [0.1, 0.15) is 5.75 Å². The molecule has 0 aromatic heterocycles. The van der Waals surface area contributed by atoms with Crippen LogP contribution < -0.4 is 10.5 Å². The summed E-state index contributed by atoms with van der Waals surface area (Å²) in [5, 5.41) is 0. The SMILES string of the molecule is CCOc1ccc(C(=O)N(C)CCC(C)N)cc1. The Labute approximate surface area is 109 Å². The van der Waals surface area contributed by atoms with Gasteiger partial charge in [0.2, 0.25) is 0 Å². The summed E-state index contributed by atoms with van der Waals surface area (Å²) >= 11 is 0. The monoisotopic (exact) mass is 250 g/mol. The fourth-order valence-electron chi connectivity index (χ4n) is 1.58. The number of hydrogen-bond donors (Lipinski definition) is 1. The molecule has 1 aromatic rings. The normalized spacial score (nSPS) is 12.0. The molecule has 0 aliphatic carbocycles. The van der Waals surface area contributed by atoms with E-state index in [0.29, 0.717) is 18.7 Å². The van der Waals surface area contributed by atoms with E-state index < -0.39 is 0 Å². The van der Waals surface area contributed by atoms with Crippen molar-refractivity contribution in [2.45, 2.75) is 26.3 Å². The Morgan fingerprint density at radius 2 is 2.00 bits per heavy atom. The van der Waals surface area contributed by atoms with Crippen LogP contribution in [0.15, 0.2) is 24.3 Å². The second-order valence-electron chi connectivity index (χ2n) is 4.45. The first kappa shape index (κ1) is 14.5. The molecule has 1 rings (SSSR count). The van der Waals surface area contributed by atoms with Crippen LogP contribution in [-0.2, 0) is 0 Å². The summed E-state index contributed by atoms with van der Waals surface area (Å²) in [7, 11) is 1.79. The molecule has 100 valence electrons. The van der Waals surface area contributed by atoms with Gasteiger partial charge in [0.05, 0.1) is 6.61 Å². The van der Waals surface area contributed by atoms with Crippen molar-refractivity contribution < 1.29 is 9.53 Å². The highest BCUT2D eigenvalue weighted by Gasteiger charge is 2.11. The maximum atomic E-state index is 12.1. The zero-order valence-corrected chi connectivity index (χ0v) is 11.3. The number of amides is 1. The maximum absolute atomic E-state index is 12.1. The molecule has 4 heteroatoms. The number of nitrogens with two attached hydrogens (primary N) is 1. The van der Waals surface area contributed by atoms with Crippen LogP contribution in [0.5, 0.6) is 5.75 Å². The van der Waals surface area contributed by atoms with Crippen LogP contribution in [0.2, 0.25) is 0 Å². The van der Waals surface area contributed by atoms with Crippen LogP contribution in [0.1, 0.15) is 30.6 Å². The third kappa shape index (κ3) is 4.37. The number of rotatable bonds is 6. The first-order valence-corrected chi connectivity index (χ1v) is 6.28. The summed E-state index contributed by atoms with van der Waals surface area (Å²) < 4.78 is 5.34. The van der Waals surface area contributed by atoms with Gasteiger partial charge in [-0.15, -0.1) is 0 Å². The van der Waals surface area contributed by atoms with E-state index in [1.165, 1.54) is 0 Å². The Morgan fingerprint density at radius 3 is 2.50 bits per heavy atom. The van der Waals surface area contributed by atoms with Gasteiger partial charge in [-0.1, -0.05) is 0 Å². The van der Waals surface area contributed by atoms with Gasteiger partial charge in [-0.3, -0.25) is 4.79 Å². The third-order valence-electron chi connectivity index (χ3n) is 2.68. The lowest BCUT2D eigenvalue weighted by Crippen LogP contribution is -2.31. The van der Waals surface area contributed by atoms with Crippen molar-refractivity contribution in [2.24, 2.45) is 5.73 Å². The van der Waals surface area contributed by atoms with Crippen molar-refractivity contribution in [3.05, 3.63) is 29.8 Å². The lowest BCUT2D eigenvalue weighted by atomic mass is 10.2. The first-order valence-electron chi connectivity index (χ1n) is 6.28. The van der Waals surface area contributed by atoms with Crippen LogP contribution in [0.4, 0.5) is 0 Å². The largest absolute Gasteiger partial charge is 0.494 e. The van der Waals surface area contributed by atoms with E-state index in [4.69, 9.17) is 10.5 Å². The van der Waals surface area contributed by atoms with Crippen molar-refractivity contribution in [1.82, 2.24) is 4.90 Å². The lowest BCUT2D eigenvalue weighted by Gasteiger charge is -2.18. The van der Waals surface area contributed by atoms with Crippen molar-refractivity contribution in [3.63, 3.8) is 0 Å². The highest BCUT2D eigenvalue weighted by atomic mass is 16.5. The quantitative estimate of drug-likeness (QED) is 0.839. The van der Waals surface area contributed by atoms with Gasteiger partial charge in [0.15, 0.2) is 0 Å². The molecule has 0 spiro atoms. The molecule has 2 N–H and O–H groups in total. The molecule has 0 saturated heterocycles. The Balaban J connectivity index is 2.60. The van der Waals surface area contributed by atoms with Crippen molar-refractivity contribution in [3.8, 4) is 5.75 Å². The Bertz CT molecular complexity index is 374. The van der Waals surface area contributed by atoms with Crippen molar-refractivity contribution >= 4 is 5.91 Å². The van der Waals surface area contributed by atoms with Gasteiger partial charge in [0.25, 0.3) is 5.91 Å². The average molecular weight is 250 g/mol. The van der Waals surface area contributed by atoms with Crippen LogP contribution in [0.25, 0.3) is 0 Å². The summed E-state index contributed by atoms with van der Waals surface area (Å²) in [5.74, 6) is 0.797. The van der Waals surface area contributed by atoms with Gasteiger partial charge in [-0.05, 0) is 44.5 Å². The standard InChI is InChI=1S/C14H22N2O2/c1-4-18-13-7-5-12(6-8-13)14(17)16(3)10-9-11(2)15/h5-8,11H,4,9-10,15H2,1-3H3. The molecule has 0 radical (unpaired) electrons. The fraction of sp³-hybridized carbons (Fsp3) is 0.500. The van der Waals surface area contributed by atoms with Crippen LogP contribution in [0.3, 0.4) is 0 Å². The predicted octanol–water partition coefficient (Wildman–Crippen LogP) is 1.89. The third-order valence-corrected chi connectivity index (χ3v) is 2.68. The molecule has 1 atom stereocenters. The van der Waals surface area contributed by atoms with Crippen LogP contribution in [0, 0.1) is 0 Å². The molecule has 0 heterocycles. The van der Waals surface area contributed by atoms with Crippen molar-refractivity contribution in [1.29, 1.82) is 0 Å². The lowest BCUT2D eigenvalue weighted by molar-refractivity contribution is 0.0792. The molecule has 0 bridgehead atoms. The number of carbonyl (C=O) groups is 1. The van der Waals surface area contributed by atoms with E-state index in [2.05, 4.69) is 0 Å². The molecular formula is C14H22N2O2. The van der Waals surface area contributed by atoms with Gasteiger partial charge < -0.3 is 15.4 Å². The highest BCUT2D eigenvalue weighted by Crippen LogP contribution is 2.13. The zero-order chi connectivity index (χ0) is 13.5. The number of benzene rings is 1. The Hall–Kier alpha value is -1.55. The minimum atomic E-state index is 0.0127.